The molecule has 1 aromatic heterocycles. The zero-order valence-electron chi connectivity index (χ0n) is 9.58. The Morgan fingerprint density at radius 1 is 1.69 bits per heavy atom. The molecule has 1 atom stereocenters. The zero-order chi connectivity index (χ0) is 11.4. The number of hydrogen-bond acceptors (Lipinski definition) is 4. The van der Waals surface area contributed by atoms with E-state index in [-0.39, 0.29) is 0 Å². The van der Waals surface area contributed by atoms with E-state index in [9.17, 15) is 0 Å². The fourth-order valence-corrected chi connectivity index (χ4v) is 3.27. The van der Waals surface area contributed by atoms with Crippen molar-refractivity contribution in [1.29, 1.82) is 0 Å². The van der Waals surface area contributed by atoms with Gasteiger partial charge in [0.2, 0.25) is 0 Å². The molecule has 0 bridgehead atoms. The number of hydrogen-bond donors (Lipinski definition) is 1. The first-order valence-corrected chi connectivity index (χ1v) is 6.93. The molecule has 0 saturated carbocycles. The van der Waals surface area contributed by atoms with Gasteiger partial charge in [-0.25, -0.2) is 4.98 Å². The first-order valence-electron chi connectivity index (χ1n) is 5.73. The summed E-state index contributed by atoms with van der Waals surface area (Å²) in [4.78, 5) is 7.67. The molecular weight excluding hydrogens is 242 g/mol. The third-order valence-electron chi connectivity index (χ3n) is 2.92. The molecule has 16 heavy (non-hydrogen) atoms. The monoisotopic (exact) mass is 259 g/mol. The van der Waals surface area contributed by atoms with Crippen molar-refractivity contribution in [1.82, 2.24) is 15.2 Å². The number of rotatable bonds is 4. The Kier molecular flexibility index (Phi) is 4.58. The molecule has 0 spiro atoms. The van der Waals surface area contributed by atoms with Gasteiger partial charge in [-0.1, -0.05) is 11.6 Å². The van der Waals surface area contributed by atoms with Gasteiger partial charge in [-0.2, -0.15) is 0 Å². The van der Waals surface area contributed by atoms with Crippen LogP contribution in [-0.2, 0) is 6.54 Å². The lowest BCUT2D eigenvalue weighted by Crippen LogP contribution is -2.36. The van der Waals surface area contributed by atoms with E-state index in [1.165, 1.54) is 24.3 Å². The molecule has 3 nitrogen and oxygen atoms in total. The molecule has 5 heteroatoms. The Labute approximate surface area is 106 Å². The van der Waals surface area contributed by atoms with Crippen molar-refractivity contribution < 1.29 is 0 Å². The lowest BCUT2D eigenvalue weighted by molar-refractivity contribution is 0.239. The van der Waals surface area contributed by atoms with Crippen LogP contribution >= 0.6 is 22.9 Å². The van der Waals surface area contributed by atoms with Crippen LogP contribution in [0.3, 0.4) is 0 Å². The van der Waals surface area contributed by atoms with Crippen molar-refractivity contribution >= 4 is 22.9 Å². The second-order valence-corrected chi connectivity index (χ2v) is 6.19. The summed E-state index contributed by atoms with van der Waals surface area (Å²) in [5, 5.41) is 3.45. The van der Waals surface area contributed by atoms with E-state index in [4.69, 9.17) is 11.6 Å². The van der Waals surface area contributed by atoms with Gasteiger partial charge in [0.05, 0.1) is 0 Å². The largest absolute Gasteiger partial charge is 0.316 e. The van der Waals surface area contributed by atoms with E-state index in [1.807, 2.05) is 6.20 Å². The minimum absolute atomic E-state index is 0.641. The zero-order valence-corrected chi connectivity index (χ0v) is 11.2. The van der Waals surface area contributed by atoms with Gasteiger partial charge in [0.1, 0.15) is 0 Å². The summed E-state index contributed by atoms with van der Waals surface area (Å²) in [7, 11) is 2.17. The number of nitrogens with zero attached hydrogens (tertiary/aromatic N) is 2. The van der Waals surface area contributed by atoms with Crippen LogP contribution in [0.25, 0.3) is 0 Å². The highest BCUT2D eigenvalue weighted by atomic mass is 35.5. The van der Waals surface area contributed by atoms with Gasteiger partial charge in [-0.05, 0) is 38.9 Å². The maximum absolute atomic E-state index is 5.81. The summed E-state index contributed by atoms with van der Waals surface area (Å²) in [5.41, 5.74) is 0. The first-order chi connectivity index (χ1) is 7.74. The quantitative estimate of drug-likeness (QED) is 0.899. The predicted molar refractivity (Wildman–Crippen MR) is 69.1 cm³/mol. The van der Waals surface area contributed by atoms with Crippen LogP contribution in [0.5, 0.6) is 0 Å². The Morgan fingerprint density at radius 3 is 3.19 bits per heavy atom. The van der Waals surface area contributed by atoms with Crippen LogP contribution in [0.1, 0.15) is 17.7 Å². The molecule has 0 aliphatic carbocycles. The Balaban J connectivity index is 1.77. The second-order valence-electron chi connectivity index (χ2n) is 4.49. The molecule has 1 saturated heterocycles. The van der Waals surface area contributed by atoms with Crippen molar-refractivity contribution in [3.05, 3.63) is 15.5 Å². The van der Waals surface area contributed by atoms with E-state index in [0.29, 0.717) is 4.47 Å². The third kappa shape index (κ3) is 3.70. The number of piperidine rings is 1. The van der Waals surface area contributed by atoms with E-state index >= 15 is 0 Å². The lowest BCUT2D eigenvalue weighted by Gasteiger charge is -2.27. The molecule has 2 heterocycles. The smallest absolute Gasteiger partial charge is 0.183 e. The molecule has 1 N–H and O–H groups in total. The molecule has 1 aliphatic rings. The topological polar surface area (TPSA) is 28.2 Å². The second kappa shape index (κ2) is 5.96. The van der Waals surface area contributed by atoms with Gasteiger partial charge in [0.25, 0.3) is 0 Å². The lowest BCUT2D eigenvalue weighted by atomic mass is 9.99. The summed E-state index contributed by atoms with van der Waals surface area (Å²) in [6.07, 6.45) is 4.54. The number of aromatic nitrogens is 1. The van der Waals surface area contributed by atoms with Crippen LogP contribution in [0.15, 0.2) is 6.20 Å². The molecule has 1 aromatic rings. The average Bonchev–Trinajstić information content (AvgIpc) is 2.65. The van der Waals surface area contributed by atoms with E-state index in [0.717, 1.165) is 25.6 Å². The number of halogens is 1. The summed E-state index contributed by atoms with van der Waals surface area (Å²) in [6.45, 7) is 4.46. The summed E-state index contributed by atoms with van der Waals surface area (Å²) < 4.78 is 0.641. The van der Waals surface area contributed by atoms with Gasteiger partial charge in [0.15, 0.2) is 4.47 Å². The van der Waals surface area contributed by atoms with Crippen LogP contribution < -0.4 is 5.32 Å². The Hall–Kier alpha value is -0.160. The fourth-order valence-electron chi connectivity index (χ4n) is 2.21. The molecule has 2 rings (SSSR count). The van der Waals surface area contributed by atoms with Crippen molar-refractivity contribution in [2.24, 2.45) is 5.92 Å². The van der Waals surface area contributed by atoms with Crippen molar-refractivity contribution in [2.45, 2.75) is 19.4 Å². The molecule has 1 fully saturated rings. The van der Waals surface area contributed by atoms with E-state index < -0.39 is 0 Å². The van der Waals surface area contributed by atoms with Crippen molar-refractivity contribution in [2.75, 3.05) is 26.7 Å². The molecule has 90 valence electrons. The van der Waals surface area contributed by atoms with Gasteiger partial charge in [0, 0.05) is 24.2 Å². The molecule has 0 aromatic carbocycles. The normalized spacial score (nSPS) is 21.6. The van der Waals surface area contributed by atoms with Crippen LogP contribution in [-0.4, -0.2) is 36.6 Å². The molecule has 0 radical (unpaired) electrons. The highest BCUT2D eigenvalue weighted by molar-refractivity contribution is 7.15. The minimum Gasteiger partial charge on any atom is -0.316 e. The minimum atomic E-state index is 0.641. The SMILES string of the molecule is CN(Cc1cnc(Cl)s1)C[C@H]1CCCNC1. The molecule has 1 aliphatic heterocycles. The molecule has 0 unspecified atom stereocenters. The summed E-state index contributed by atoms with van der Waals surface area (Å²) >= 11 is 7.39. The Bertz CT molecular complexity index is 323. The van der Waals surface area contributed by atoms with Gasteiger partial charge >= 0.3 is 0 Å². The van der Waals surface area contributed by atoms with Gasteiger partial charge < -0.3 is 10.2 Å². The molecular formula is C11H18ClN3S. The average molecular weight is 260 g/mol. The first kappa shape index (κ1) is 12.3. The van der Waals surface area contributed by atoms with Crippen LogP contribution in [0.4, 0.5) is 0 Å². The summed E-state index contributed by atoms with van der Waals surface area (Å²) in [5.74, 6) is 0.794. The van der Waals surface area contributed by atoms with Crippen LogP contribution in [0.2, 0.25) is 4.47 Å². The number of thiazole rings is 1. The summed E-state index contributed by atoms with van der Waals surface area (Å²) in [6, 6.07) is 0. The maximum atomic E-state index is 5.81. The third-order valence-corrected chi connectivity index (χ3v) is 4.02. The highest BCUT2D eigenvalue weighted by Gasteiger charge is 2.15. The predicted octanol–water partition coefficient (Wildman–Crippen LogP) is 2.23. The van der Waals surface area contributed by atoms with E-state index in [1.54, 1.807) is 11.3 Å². The van der Waals surface area contributed by atoms with Gasteiger partial charge in [-0.15, -0.1) is 11.3 Å². The van der Waals surface area contributed by atoms with Crippen molar-refractivity contribution in [3.63, 3.8) is 0 Å². The highest BCUT2D eigenvalue weighted by Crippen LogP contribution is 2.20. The Morgan fingerprint density at radius 2 is 2.56 bits per heavy atom. The molecule has 0 amide bonds. The fraction of sp³-hybridized carbons (Fsp3) is 0.727. The number of nitrogens with one attached hydrogen (secondary N) is 1. The van der Waals surface area contributed by atoms with E-state index in [2.05, 4.69) is 22.2 Å². The van der Waals surface area contributed by atoms with Crippen LogP contribution in [0, 0.1) is 5.92 Å². The van der Waals surface area contributed by atoms with Crippen molar-refractivity contribution in [3.8, 4) is 0 Å². The van der Waals surface area contributed by atoms with Gasteiger partial charge in [-0.3, -0.25) is 0 Å². The maximum Gasteiger partial charge on any atom is 0.183 e. The standard InChI is InChI=1S/C11H18ClN3S/c1-15(7-9-3-2-4-13-5-9)8-10-6-14-11(12)16-10/h6,9,13H,2-5,7-8H2,1H3/t9-/m0/s1.